The summed E-state index contributed by atoms with van der Waals surface area (Å²) in [5.74, 6) is 0.466. The van der Waals surface area contributed by atoms with Gasteiger partial charge in [0, 0.05) is 11.7 Å². The van der Waals surface area contributed by atoms with E-state index in [-0.39, 0.29) is 6.04 Å². The molecule has 0 spiro atoms. The number of anilines is 1. The van der Waals surface area contributed by atoms with Gasteiger partial charge in [-0.15, -0.1) is 0 Å². The van der Waals surface area contributed by atoms with Crippen LogP contribution in [-0.2, 0) is 6.18 Å². The van der Waals surface area contributed by atoms with Gasteiger partial charge in [0.05, 0.1) is 5.56 Å². The van der Waals surface area contributed by atoms with Crippen molar-refractivity contribution in [1.82, 2.24) is 0 Å². The van der Waals surface area contributed by atoms with Gasteiger partial charge in [-0.2, -0.15) is 13.2 Å². The number of rotatable bonds is 2. The van der Waals surface area contributed by atoms with Crippen molar-refractivity contribution in [3.8, 4) is 0 Å². The van der Waals surface area contributed by atoms with Crippen LogP contribution < -0.4 is 5.32 Å². The van der Waals surface area contributed by atoms with E-state index in [0.717, 1.165) is 25.3 Å². The Bertz CT molecular complexity index is 465. The molecule has 4 heteroatoms. The molecule has 1 aromatic rings. The highest BCUT2D eigenvalue weighted by Crippen LogP contribution is 2.40. The molecule has 2 rings (SSSR count). The molecular formula is C16H22F3N. The summed E-state index contributed by atoms with van der Waals surface area (Å²) in [5.41, 5.74) is 0.313. The van der Waals surface area contributed by atoms with E-state index in [1.807, 2.05) is 0 Å². The van der Waals surface area contributed by atoms with Crippen molar-refractivity contribution in [2.24, 2.45) is 11.3 Å². The van der Waals surface area contributed by atoms with Gasteiger partial charge in [0.1, 0.15) is 0 Å². The van der Waals surface area contributed by atoms with Crippen LogP contribution in [0.1, 0.15) is 45.6 Å². The molecule has 1 saturated carbocycles. The molecule has 0 bridgehead atoms. The zero-order chi connectivity index (χ0) is 15.0. The summed E-state index contributed by atoms with van der Waals surface area (Å²) in [6.45, 7) is 6.68. The Morgan fingerprint density at radius 1 is 1.25 bits per heavy atom. The lowest BCUT2D eigenvalue weighted by Gasteiger charge is -2.40. The third kappa shape index (κ3) is 3.68. The monoisotopic (exact) mass is 285 g/mol. The van der Waals surface area contributed by atoms with Crippen LogP contribution in [-0.4, -0.2) is 6.04 Å². The smallest absolute Gasteiger partial charge is 0.382 e. The fourth-order valence-corrected chi connectivity index (χ4v) is 3.16. The van der Waals surface area contributed by atoms with Crippen LogP contribution in [0, 0.1) is 11.3 Å². The molecule has 1 aliphatic rings. The molecule has 1 N–H and O–H groups in total. The van der Waals surface area contributed by atoms with Crippen molar-refractivity contribution < 1.29 is 13.2 Å². The Labute approximate surface area is 118 Å². The van der Waals surface area contributed by atoms with Crippen LogP contribution in [0.5, 0.6) is 0 Å². The van der Waals surface area contributed by atoms with Crippen molar-refractivity contribution in [2.75, 3.05) is 5.32 Å². The molecule has 0 amide bonds. The summed E-state index contributed by atoms with van der Waals surface area (Å²) in [6, 6.07) is 5.74. The summed E-state index contributed by atoms with van der Waals surface area (Å²) >= 11 is 0. The second-order valence-electron chi connectivity index (χ2n) is 6.71. The Morgan fingerprint density at radius 3 is 2.55 bits per heavy atom. The van der Waals surface area contributed by atoms with Gasteiger partial charge >= 0.3 is 6.18 Å². The predicted molar refractivity (Wildman–Crippen MR) is 75.7 cm³/mol. The SMILES string of the molecule is CC1CC(C)(C)CCC1Nc1cccc(C(F)(F)F)c1. The minimum absolute atomic E-state index is 0.256. The predicted octanol–water partition coefficient (Wildman–Crippen LogP) is 5.33. The van der Waals surface area contributed by atoms with E-state index >= 15 is 0 Å². The van der Waals surface area contributed by atoms with Gasteiger partial charge in [-0.3, -0.25) is 0 Å². The van der Waals surface area contributed by atoms with Crippen LogP contribution >= 0.6 is 0 Å². The van der Waals surface area contributed by atoms with E-state index in [4.69, 9.17) is 0 Å². The number of benzene rings is 1. The minimum Gasteiger partial charge on any atom is -0.382 e. The average Bonchev–Trinajstić information content (AvgIpc) is 2.32. The molecule has 1 aromatic carbocycles. The summed E-state index contributed by atoms with van der Waals surface area (Å²) in [6.07, 6.45) is -1.07. The third-order valence-corrected chi connectivity index (χ3v) is 4.24. The summed E-state index contributed by atoms with van der Waals surface area (Å²) in [5, 5.41) is 3.28. The molecular weight excluding hydrogens is 263 g/mol. The van der Waals surface area contributed by atoms with E-state index in [9.17, 15) is 13.2 Å². The molecule has 2 atom stereocenters. The quantitative estimate of drug-likeness (QED) is 0.774. The van der Waals surface area contributed by atoms with Crippen molar-refractivity contribution in [1.29, 1.82) is 0 Å². The lowest BCUT2D eigenvalue weighted by Crippen LogP contribution is -2.36. The Hall–Kier alpha value is -1.19. The second kappa shape index (κ2) is 5.30. The topological polar surface area (TPSA) is 12.0 Å². The molecule has 0 radical (unpaired) electrons. The number of alkyl halides is 3. The van der Waals surface area contributed by atoms with Gasteiger partial charge in [-0.05, 0) is 48.8 Å². The molecule has 0 aliphatic heterocycles. The minimum atomic E-state index is -4.28. The molecule has 0 aromatic heterocycles. The van der Waals surface area contributed by atoms with Crippen LogP contribution in [0.4, 0.5) is 18.9 Å². The summed E-state index contributed by atoms with van der Waals surface area (Å²) in [4.78, 5) is 0. The maximum absolute atomic E-state index is 12.7. The molecule has 1 fully saturated rings. The van der Waals surface area contributed by atoms with Gasteiger partial charge in [-0.1, -0.05) is 26.8 Å². The molecule has 20 heavy (non-hydrogen) atoms. The highest BCUT2D eigenvalue weighted by atomic mass is 19.4. The van der Waals surface area contributed by atoms with Crippen molar-refractivity contribution >= 4 is 5.69 Å². The van der Waals surface area contributed by atoms with Crippen LogP contribution in [0.2, 0.25) is 0 Å². The molecule has 0 saturated heterocycles. The number of nitrogens with one attached hydrogen (secondary N) is 1. The standard InChI is InChI=1S/C16H22F3N/c1-11-10-15(2,3)8-7-14(11)20-13-6-4-5-12(9-13)16(17,18)19/h4-6,9,11,14,20H,7-8,10H2,1-3H3. The van der Waals surface area contributed by atoms with Crippen LogP contribution in [0.25, 0.3) is 0 Å². The Morgan fingerprint density at radius 2 is 1.95 bits per heavy atom. The van der Waals surface area contributed by atoms with Crippen molar-refractivity contribution in [2.45, 2.75) is 52.3 Å². The maximum atomic E-state index is 12.7. The van der Waals surface area contributed by atoms with Gasteiger partial charge in [0.25, 0.3) is 0 Å². The van der Waals surface area contributed by atoms with Crippen molar-refractivity contribution in [3.05, 3.63) is 29.8 Å². The van der Waals surface area contributed by atoms with Crippen LogP contribution in [0.15, 0.2) is 24.3 Å². The van der Waals surface area contributed by atoms with E-state index < -0.39 is 11.7 Å². The van der Waals surface area contributed by atoms with E-state index in [2.05, 4.69) is 26.1 Å². The first-order valence-electron chi connectivity index (χ1n) is 7.11. The average molecular weight is 285 g/mol. The zero-order valence-electron chi connectivity index (χ0n) is 12.2. The van der Waals surface area contributed by atoms with Gasteiger partial charge < -0.3 is 5.32 Å². The first-order chi connectivity index (χ1) is 9.17. The Kier molecular flexibility index (Phi) is 4.03. The highest BCUT2D eigenvalue weighted by molar-refractivity contribution is 5.47. The largest absolute Gasteiger partial charge is 0.416 e. The van der Waals surface area contributed by atoms with Crippen molar-refractivity contribution in [3.63, 3.8) is 0 Å². The molecule has 112 valence electrons. The fraction of sp³-hybridized carbons (Fsp3) is 0.625. The number of hydrogen-bond acceptors (Lipinski definition) is 1. The summed E-state index contributed by atoms with van der Waals surface area (Å²) in [7, 11) is 0. The molecule has 1 aliphatic carbocycles. The summed E-state index contributed by atoms with van der Waals surface area (Å²) < 4.78 is 38.1. The Balaban J connectivity index is 2.07. The normalized spacial score (nSPS) is 26.3. The lowest BCUT2D eigenvalue weighted by atomic mass is 9.70. The molecule has 1 nitrogen and oxygen atoms in total. The van der Waals surface area contributed by atoms with Gasteiger partial charge in [0.15, 0.2) is 0 Å². The van der Waals surface area contributed by atoms with Gasteiger partial charge in [-0.25, -0.2) is 0 Å². The molecule has 2 unspecified atom stereocenters. The first-order valence-corrected chi connectivity index (χ1v) is 7.11. The zero-order valence-corrected chi connectivity index (χ0v) is 12.2. The third-order valence-electron chi connectivity index (χ3n) is 4.24. The fourth-order valence-electron chi connectivity index (χ4n) is 3.16. The van der Waals surface area contributed by atoms with E-state index in [1.165, 1.54) is 12.1 Å². The highest BCUT2D eigenvalue weighted by Gasteiger charge is 2.33. The second-order valence-corrected chi connectivity index (χ2v) is 6.71. The number of halogens is 3. The first kappa shape index (κ1) is 15.2. The van der Waals surface area contributed by atoms with E-state index in [1.54, 1.807) is 6.07 Å². The molecule has 0 heterocycles. The van der Waals surface area contributed by atoms with Gasteiger partial charge in [0.2, 0.25) is 0 Å². The lowest BCUT2D eigenvalue weighted by molar-refractivity contribution is -0.137. The van der Waals surface area contributed by atoms with E-state index in [0.29, 0.717) is 17.0 Å². The van der Waals surface area contributed by atoms with Crippen LogP contribution in [0.3, 0.4) is 0 Å². The number of hydrogen-bond donors (Lipinski definition) is 1. The maximum Gasteiger partial charge on any atom is 0.416 e.